The fourth-order valence-electron chi connectivity index (χ4n) is 6.72. The van der Waals surface area contributed by atoms with Crippen molar-refractivity contribution in [2.45, 2.75) is 253 Å². The molecule has 0 spiro atoms. The molecule has 0 saturated heterocycles. The molecular formula is C46H88O6. The summed E-state index contributed by atoms with van der Waals surface area (Å²) in [4.78, 5) is 37.5. The molecule has 0 aliphatic heterocycles. The number of hydrogen-bond acceptors (Lipinski definition) is 6. The van der Waals surface area contributed by atoms with Gasteiger partial charge in [0, 0.05) is 19.3 Å². The van der Waals surface area contributed by atoms with Gasteiger partial charge in [-0.3, -0.25) is 14.4 Å². The van der Waals surface area contributed by atoms with E-state index < -0.39 is 6.10 Å². The molecule has 0 aromatic rings. The molecule has 308 valence electrons. The maximum atomic E-state index is 12.7. The molecule has 0 rings (SSSR count). The minimum Gasteiger partial charge on any atom is -0.462 e. The predicted molar refractivity (Wildman–Crippen MR) is 220 cm³/mol. The third-order valence-corrected chi connectivity index (χ3v) is 10.6. The Morgan fingerprint density at radius 3 is 1.10 bits per heavy atom. The van der Waals surface area contributed by atoms with E-state index in [9.17, 15) is 14.4 Å². The normalized spacial score (nSPS) is 12.6. The van der Waals surface area contributed by atoms with E-state index in [4.69, 9.17) is 14.2 Å². The van der Waals surface area contributed by atoms with E-state index in [0.29, 0.717) is 19.3 Å². The Labute approximate surface area is 323 Å². The zero-order valence-electron chi connectivity index (χ0n) is 35.4. The third kappa shape index (κ3) is 38.1. The Kier molecular flexibility index (Phi) is 37.9. The smallest absolute Gasteiger partial charge is 0.306 e. The van der Waals surface area contributed by atoms with Gasteiger partial charge in [-0.25, -0.2) is 0 Å². The molecule has 0 amide bonds. The molecule has 0 bridgehead atoms. The lowest BCUT2D eigenvalue weighted by atomic mass is 9.99. The highest BCUT2D eigenvalue weighted by Crippen LogP contribution is 2.17. The van der Waals surface area contributed by atoms with Crippen LogP contribution in [0.1, 0.15) is 247 Å². The molecule has 0 N–H and O–H groups in total. The standard InChI is InChI=1S/C46H88O6/c1-6-8-9-24-31-36-44(47)50-39-43(52-46(49)38-33-28-23-19-15-14-17-21-26-30-35-42(5)7-2)40-51-45(48)37-32-27-22-18-13-11-10-12-16-20-25-29-34-41(3)4/h41-43H,6-40H2,1-5H3/t42?,43-/m0/s1. The Morgan fingerprint density at radius 1 is 0.404 bits per heavy atom. The van der Waals surface area contributed by atoms with Gasteiger partial charge >= 0.3 is 17.9 Å². The monoisotopic (exact) mass is 737 g/mol. The van der Waals surface area contributed by atoms with Crippen molar-refractivity contribution < 1.29 is 28.6 Å². The summed E-state index contributed by atoms with van der Waals surface area (Å²) in [5.41, 5.74) is 0. The molecule has 0 saturated carbocycles. The molecule has 0 fully saturated rings. The number of ether oxygens (including phenoxy) is 3. The van der Waals surface area contributed by atoms with Gasteiger partial charge in [0.05, 0.1) is 0 Å². The van der Waals surface area contributed by atoms with Crippen molar-refractivity contribution >= 4 is 17.9 Å². The third-order valence-electron chi connectivity index (χ3n) is 10.6. The summed E-state index contributed by atoms with van der Waals surface area (Å²) in [6, 6.07) is 0. The SMILES string of the molecule is CCCCCCCC(=O)OC[C@@H](COC(=O)CCCCCCCCCCCCCCC(C)C)OC(=O)CCCCCCCCCCCCC(C)CC. The van der Waals surface area contributed by atoms with Gasteiger partial charge in [-0.2, -0.15) is 0 Å². The van der Waals surface area contributed by atoms with E-state index in [1.165, 1.54) is 128 Å². The summed E-state index contributed by atoms with van der Waals surface area (Å²) < 4.78 is 16.6. The van der Waals surface area contributed by atoms with Gasteiger partial charge < -0.3 is 14.2 Å². The van der Waals surface area contributed by atoms with Crippen molar-refractivity contribution in [3.05, 3.63) is 0 Å². The van der Waals surface area contributed by atoms with E-state index in [1.54, 1.807) is 0 Å². The van der Waals surface area contributed by atoms with Crippen LogP contribution < -0.4 is 0 Å². The Morgan fingerprint density at radius 2 is 0.731 bits per heavy atom. The van der Waals surface area contributed by atoms with Crippen LogP contribution in [0.25, 0.3) is 0 Å². The van der Waals surface area contributed by atoms with Crippen molar-refractivity contribution in [1.82, 2.24) is 0 Å². The second kappa shape index (κ2) is 39.1. The number of esters is 3. The lowest BCUT2D eigenvalue weighted by molar-refractivity contribution is -0.167. The summed E-state index contributed by atoms with van der Waals surface area (Å²) >= 11 is 0. The lowest BCUT2D eigenvalue weighted by Gasteiger charge is -2.18. The van der Waals surface area contributed by atoms with E-state index in [0.717, 1.165) is 76.0 Å². The van der Waals surface area contributed by atoms with Crippen LogP contribution in [0.4, 0.5) is 0 Å². The molecule has 6 nitrogen and oxygen atoms in total. The highest BCUT2D eigenvalue weighted by atomic mass is 16.6. The number of rotatable bonds is 40. The lowest BCUT2D eigenvalue weighted by Crippen LogP contribution is -2.30. The minimum atomic E-state index is -0.759. The summed E-state index contributed by atoms with van der Waals surface area (Å²) in [7, 11) is 0. The zero-order valence-corrected chi connectivity index (χ0v) is 35.4. The van der Waals surface area contributed by atoms with Crippen LogP contribution >= 0.6 is 0 Å². The van der Waals surface area contributed by atoms with Gasteiger partial charge in [-0.15, -0.1) is 0 Å². The topological polar surface area (TPSA) is 78.9 Å². The van der Waals surface area contributed by atoms with Crippen molar-refractivity contribution in [3.63, 3.8) is 0 Å². The maximum Gasteiger partial charge on any atom is 0.306 e. The molecule has 6 heteroatoms. The Hall–Kier alpha value is -1.59. The van der Waals surface area contributed by atoms with Gasteiger partial charge in [-0.1, -0.05) is 208 Å². The Bertz CT molecular complexity index is 796. The van der Waals surface area contributed by atoms with Crippen molar-refractivity contribution in [1.29, 1.82) is 0 Å². The van der Waals surface area contributed by atoms with E-state index in [-0.39, 0.29) is 31.1 Å². The predicted octanol–water partition coefficient (Wildman–Crippen LogP) is 14.2. The second-order valence-corrected chi connectivity index (χ2v) is 16.4. The van der Waals surface area contributed by atoms with Crippen LogP contribution in [-0.4, -0.2) is 37.2 Å². The van der Waals surface area contributed by atoms with Crippen LogP contribution in [0, 0.1) is 11.8 Å². The molecule has 0 radical (unpaired) electrons. The first-order valence-corrected chi connectivity index (χ1v) is 22.8. The number of carbonyl (C=O) groups is 3. The highest BCUT2D eigenvalue weighted by Gasteiger charge is 2.19. The van der Waals surface area contributed by atoms with E-state index in [1.807, 2.05) is 0 Å². The summed E-state index contributed by atoms with van der Waals surface area (Å²) in [6.07, 6.45) is 36.8. The molecule has 0 heterocycles. The van der Waals surface area contributed by atoms with Gasteiger partial charge in [0.25, 0.3) is 0 Å². The van der Waals surface area contributed by atoms with Gasteiger partial charge in [-0.05, 0) is 31.1 Å². The van der Waals surface area contributed by atoms with Crippen LogP contribution in [0.15, 0.2) is 0 Å². The number of unbranched alkanes of at least 4 members (excludes halogenated alkanes) is 24. The van der Waals surface area contributed by atoms with Crippen molar-refractivity contribution in [2.75, 3.05) is 13.2 Å². The first-order valence-electron chi connectivity index (χ1n) is 22.8. The highest BCUT2D eigenvalue weighted by molar-refractivity contribution is 5.71. The first-order chi connectivity index (χ1) is 25.3. The molecule has 52 heavy (non-hydrogen) atoms. The zero-order chi connectivity index (χ0) is 38.3. The fraction of sp³-hybridized carbons (Fsp3) is 0.935. The average Bonchev–Trinajstić information content (AvgIpc) is 3.12. The maximum absolute atomic E-state index is 12.7. The second-order valence-electron chi connectivity index (χ2n) is 16.4. The quantitative estimate of drug-likeness (QED) is 0.0354. The molecular weight excluding hydrogens is 649 g/mol. The molecule has 0 aromatic heterocycles. The number of carbonyl (C=O) groups excluding carboxylic acids is 3. The van der Waals surface area contributed by atoms with E-state index in [2.05, 4.69) is 34.6 Å². The molecule has 0 aliphatic rings. The molecule has 2 atom stereocenters. The molecule has 0 aromatic carbocycles. The van der Waals surface area contributed by atoms with Gasteiger partial charge in [0.15, 0.2) is 6.10 Å². The Balaban J connectivity index is 4.19. The van der Waals surface area contributed by atoms with Crippen LogP contribution in [0.2, 0.25) is 0 Å². The summed E-state index contributed by atoms with van der Waals surface area (Å²) in [5.74, 6) is 0.830. The van der Waals surface area contributed by atoms with E-state index >= 15 is 0 Å². The number of hydrogen-bond donors (Lipinski definition) is 0. The minimum absolute atomic E-state index is 0.0658. The van der Waals surface area contributed by atoms with Crippen LogP contribution in [0.3, 0.4) is 0 Å². The fourth-order valence-corrected chi connectivity index (χ4v) is 6.72. The summed E-state index contributed by atoms with van der Waals surface area (Å²) in [6.45, 7) is 11.3. The van der Waals surface area contributed by atoms with Crippen LogP contribution in [0.5, 0.6) is 0 Å². The molecule has 1 unspecified atom stereocenters. The average molecular weight is 737 g/mol. The largest absolute Gasteiger partial charge is 0.462 e. The van der Waals surface area contributed by atoms with Gasteiger partial charge in [0.1, 0.15) is 13.2 Å². The van der Waals surface area contributed by atoms with Crippen molar-refractivity contribution in [3.8, 4) is 0 Å². The van der Waals surface area contributed by atoms with Gasteiger partial charge in [0.2, 0.25) is 0 Å². The summed E-state index contributed by atoms with van der Waals surface area (Å²) in [5, 5.41) is 0. The van der Waals surface area contributed by atoms with Crippen LogP contribution in [-0.2, 0) is 28.6 Å². The molecule has 0 aliphatic carbocycles. The first kappa shape index (κ1) is 50.4. The van der Waals surface area contributed by atoms with Crippen molar-refractivity contribution in [2.24, 2.45) is 11.8 Å².